The molecule has 0 spiro atoms. The van der Waals surface area contributed by atoms with E-state index in [4.69, 9.17) is 16.7 Å². The Bertz CT molecular complexity index is 341. The molecule has 1 atom stereocenters. The summed E-state index contributed by atoms with van der Waals surface area (Å²) in [5.41, 5.74) is 0.696. The fraction of sp³-hybridized carbons (Fsp3) is 0.333. The van der Waals surface area contributed by atoms with Crippen LogP contribution < -0.4 is 0 Å². The zero-order valence-corrected chi connectivity index (χ0v) is 9.50. The fourth-order valence-electron chi connectivity index (χ4n) is 1.30. The van der Waals surface area contributed by atoms with Crippen molar-refractivity contribution in [2.45, 2.75) is 25.6 Å². The quantitative estimate of drug-likeness (QED) is 0.786. The number of aliphatic hydroxyl groups is 1. The fourth-order valence-corrected chi connectivity index (χ4v) is 1.42. The van der Waals surface area contributed by atoms with E-state index in [1.807, 2.05) is 26.0 Å². The molecule has 3 heteroatoms. The van der Waals surface area contributed by atoms with E-state index < -0.39 is 6.36 Å². The Hall–Kier alpha value is -0.860. The van der Waals surface area contributed by atoms with Crippen LogP contribution in [-0.2, 0) is 5.41 Å². The monoisotopic (exact) mass is 228 g/mol. The van der Waals surface area contributed by atoms with E-state index in [2.05, 4.69) is 0 Å². The smallest absolute Gasteiger partial charge is 0.215 e. The zero-order valence-electron chi connectivity index (χ0n) is 8.74. The lowest BCUT2D eigenvalue weighted by atomic mass is 9.84. The highest BCUT2D eigenvalue weighted by Crippen LogP contribution is 2.26. The molecule has 0 radical (unpaired) electrons. The first-order valence-electron chi connectivity index (χ1n) is 4.69. The van der Waals surface area contributed by atoms with Crippen molar-refractivity contribution in [3.63, 3.8) is 0 Å². The van der Waals surface area contributed by atoms with Crippen molar-refractivity contribution < 1.29 is 9.50 Å². The lowest BCUT2D eigenvalue weighted by Gasteiger charge is -2.21. The van der Waals surface area contributed by atoms with Gasteiger partial charge in [0.2, 0.25) is 6.36 Å². The van der Waals surface area contributed by atoms with Gasteiger partial charge in [0.1, 0.15) is 0 Å². The standard InChI is InChI=1S/C12H14ClFO/c1-12(2,8-7-11(14)15)9-3-5-10(13)6-4-9/h3-8,11,15H,1-2H3. The molecule has 0 saturated heterocycles. The average molecular weight is 229 g/mol. The number of alkyl halides is 1. The number of allylic oxidation sites excluding steroid dienone is 1. The average Bonchev–Trinajstić information content (AvgIpc) is 2.16. The number of hydrogen-bond acceptors (Lipinski definition) is 1. The summed E-state index contributed by atoms with van der Waals surface area (Å²) in [6, 6.07) is 7.35. The van der Waals surface area contributed by atoms with Crippen LogP contribution in [0, 0.1) is 0 Å². The van der Waals surface area contributed by atoms with Gasteiger partial charge in [-0.25, -0.2) is 4.39 Å². The first kappa shape index (κ1) is 12.2. The predicted octanol–water partition coefficient (Wildman–Crippen LogP) is 3.46. The molecule has 0 aliphatic rings. The lowest BCUT2D eigenvalue weighted by molar-refractivity contribution is 0.0876. The highest BCUT2D eigenvalue weighted by molar-refractivity contribution is 6.30. The first-order valence-corrected chi connectivity index (χ1v) is 5.07. The largest absolute Gasteiger partial charge is 0.361 e. The number of hydrogen-bond donors (Lipinski definition) is 1. The molecule has 1 N–H and O–H groups in total. The van der Waals surface area contributed by atoms with Crippen molar-refractivity contribution in [1.29, 1.82) is 0 Å². The van der Waals surface area contributed by atoms with Gasteiger partial charge in [0.05, 0.1) is 0 Å². The summed E-state index contributed by atoms with van der Waals surface area (Å²) in [6.45, 7) is 3.88. The molecule has 1 rings (SSSR count). The van der Waals surface area contributed by atoms with Gasteiger partial charge >= 0.3 is 0 Å². The normalized spacial score (nSPS) is 14.5. The Morgan fingerprint density at radius 1 is 1.33 bits per heavy atom. The van der Waals surface area contributed by atoms with E-state index in [1.165, 1.54) is 0 Å². The van der Waals surface area contributed by atoms with Gasteiger partial charge in [0, 0.05) is 10.4 Å². The minimum Gasteiger partial charge on any atom is -0.361 e. The van der Waals surface area contributed by atoms with Crippen LogP contribution in [0.25, 0.3) is 0 Å². The molecule has 1 aromatic rings. The van der Waals surface area contributed by atoms with E-state index in [1.54, 1.807) is 18.2 Å². The number of aliphatic hydroxyl groups excluding tert-OH is 1. The summed E-state index contributed by atoms with van der Waals surface area (Å²) in [5.74, 6) is 0. The van der Waals surface area contributed by atoms with Crippen LogP contribution in [0.3, 0.4) is 0 Å². The van der Waals surface area contributed by atoms with E-state index in [-0.39, 0.29) is 5.41 Å². The maximum absolute atomic E-state index is 12.3. The predicted molar refractivity (Wildman–Crippen MR) is 60.7 cm³/mol. The Labute approximate surface area is 94.2 Å². The molecule has 0 heterocycles. The molecule has 1 aromatic carbocycles. The summed E-state index contributed by atoms with van der Waals surface area (Å²) >= 11 is 5.77. The molecule has 0 fully saturated rings. The van der Waals surface area contributed by atoms with Crippen molar-refractivity contribution in [3.8, 4) is 0 Å². The highest BCUT2D eigenvalue weighted by atomic mass is 35.5. The van der Waals surface area contributed by atoms with Gasteiger partial charge in [-0.05, 0) is 23.8 Å². The summed E-state index contributed by atoms with van der Waals surface area (Å²) < 4.78 is 12.3. The Kier molecular flexibility index (Phi) is 3.89. The maximum Gasteiger partial charge on any atom is 0.215 e. The van der Waals surface area contributed by atoms with Crippen LogP contribution in [0.5, 0.6) is 0 Å². The Morgan fingerprint density at radius 2 is 1.87 bits per heavy atom. The summed E-state index contributed by atoms with van der Waals surface area (Å²) in [7, 11) is 0. The SMILES string of the molecule is CC(C)(C=CC(O)F)c1ccc(Cl)cc1. The molecule has 1 unspecified atom stereocenters. The van der Waals surface area contributed by atoms with Gasteiger partial charge < -0.3 is 5.11 Å². The van der Waals surface area contributed by atoms with Crippen LogP contribution in [-0.4, -0.2) is 11.5 Å². The van der Waals surface area contributed by atoms with Gasteiger partial charge in [-0.15, -0.1) is 0 Å². The van der Waals surface area contributed by atoms with Gasteiger partial charge in [-0.2, -0.15) is 0 Å². The van der Waals surface area contributed by atoms with Gasteiger partial charge in [0.15, 0.2) is 0 Å². The second-order valence-electron chi connectivity index (χ2n) is 3.96. The highest BCUT2D eigenvalue weighted by Gasteiger charge is 2.16. The second kappa shape index (κ2) is 4.77. The Morgan fingerprint density at radius 3 is 2.33 bits per heavy atom. The molecular formula is C12H14ClFO. The molecule has 0 aliphatic carbocycles. The van der Waals surface area contributed by atoms with Gasteiger partial charge in [0.25, 0.3) is 0 Å². The second-order valence-corrected chi connectivity index (χ2v) is 4.40. The number of halogens is 2. The van der Waals surface area contributed by atoms with Crippen LogP contribution >= 0.6 is 11.6 Å². The van der Waals surface area contributed by atoms with E-state index in [0.717, 1.165) is 11.6 Å². The summed E-state index contributed by atoms with van der Waals surface area (Å²) in [4.78, 5) is 0. The van der Waals surface area contributed by atoms with Crippen LogP contribution in [0.1, 0.15) is 19.4 Å². The number of benzene rings is 1. The van der Waals surface area contributed by atoms with Crippen LogP contribution in [0.15, 0.2) is 36.4 Å². The molecule has 0 aromatic heterocycles. The third kappa shape index (κ3) is 3.65. The minimum atomic E-state index is -1.91. The van der Waals surface area contributed by atoms with Crippen molar-refractivity contribution in [2.75, 3.05) is 0 Å². The molecule has 1 nitrogen and oxygen atoms in total. The summed E-state index contributed by atoms with van der Waals surface area (Å²) in [5, 5.41) is 9.20. The van der Waals surface area contributed by atoms with E-state index in [9.17, 15) is 4.39 Å². The third-order valence-electron chi connectivity index (χ3n) is 2.26. The lowest BCUT2D eigenvalue weighted by Crippen LogP contribution is -2.14. The van der Waals surface area contributed by atoms with Crippen LogP contribution in [0.4, 0.5) is 4.39 Å². The van der Waals surface area contributed by atoms with Gasteiger partial charge in [-0.3, -0.25) is 0 Å². The molecule has 82 valence electrons. The topological polar surface area (TPSA) is 20.2 Å². The molecule has 0 amide bonds. The van der Waals surface area contributed by atoms with Crippen molar-refractivity contribution in [3.05, 3.63) is 47.0 Å². The Balaban J connectivity index is 2.90. The first-order chi connectivity index (χ1) is 6.92. The van der Waals surface area contributed by atoms with Crippen molar-refractivity contribution in [2.24, 2.45) is 0 Å². The van der Waals surface area contributed by atoms with Gasteiger partial charge in [-0.1, -0.05) is 43.7 Å². The van der Waals surface area contributed by atoms with E-state index >= 15 is 0 Å². The molecule has 0 saturated carbocycles. The zero-order chi connectivity index (χ0) is 11.5. The number of rotatable bonds is 3. The third-order valence-corrected chi connectivity index (χ3v) is 2.51. The molecular weight excluding hydrogens is 215 g/mol. The van der Waals surface area contributed by atoms with Crippen molar-refractivity contribution >= 4 is 11.6 Å². The molecule has 0 bridgehead atoms. The van der Waals surface area contributed by atoms with Crippen molar-refractivity contribution in [1.82, 2.24) is 0 Å². The van der Waals surface area contributed by atoms with E-state index in [0.29, 0.717) is 5.02 Å². The minimum absolute atomic E-state index is 0.322. The maximum atomic E-state index is 12.3. The molecule has 15 heavy (non-hydrogen) atoms. The van der Waals surface area contributed by atoms with Crippen LogP contribution in [0.2, 0.25) is 5.02 Å². The molecule has 0 aliphatic heterocycles. The summed E-state index contributed by atoms with van der Waals surface area (Å²) in [6.07, 6.45) is 0.867.